The lowest BCUT2D eigenvalue weighted by atomic mass is 9.98. The van der Waals surface area contributed by atoms with E-state index >= 15 is 0 Å². The van der Waals surface area contributed by atoms with Gasteiger partial charge in [-0.3, -0.25) is 5.32 Å². The lowest BCUT2D eigenvalue weighted by Crippen LogP contribution is -2.24. The highest BCUT2D eigenvalue weighted by molar-refractivity contribution is 5.94. The van der Waals surface area contributed by atoms with Gasteiger partial charge in [-0.2, -0.15) is 0 Å². The van der Waals surface area contributed by atoms with Crippen molar-refractivity contribution in [2.45, 2.75) is 32.3 Å². The molecule has 3 aromatic carbocycles. The van der Waals surface area contributed by atoms with Gasteiger partial charge in [0.2, 0.25) is 0 Å². The molecule has 0 atom stereocenters. The van der Waals surface area contributed by atoms with Crippen LogP contribution >= 0.6 is 0 Å². The topological polar surface area (TPSA) is 90.6 Å². The SMILES string of the molecule is CC(C)(C)OC(=O)c1cc(N)cc(NC(=O)OCC2c3ccccc3-c3ccccc32)c1. The van der Waals surface area contributed by atoms with E-state index in [1.807, 2.05) is 24.3 Å². The number of nitrogens with two attached hydrogens (primary N) is 1. The van der Waals surface area contributed by atoms with Gasteiger partial charge in [0.1, 0.15) is 12.2 Å². The average Bonchev–Trinajstić information content (AvgIpc) is 3.04. The molecule has 32 heavy (non-hydrogen) atoms. The Balaban J connectivity index is 1.46. The Morgan fingerprint density at radius 2 is 1.53 bits per heavy atom. The smallest absolute Gasteiger partial charge is 0.411 e. The fourth-order valence-corrected chi connectivity index (χ4v) is 3.93. The standard InChI is InChI=1S/C26H26N2O4/c1-26(2,3)32-24(29)16-12-17(27)14-18(13-16)28-25(30)31-15-23-21-10-6-4-8-19(21)20-9-5-7-11-22(20)23/h4-14,23H,15,27H2,1-3H3,(H,28,30). The number of fused-ring (bicyclic) bond motifs is 3. The molecule has 164 valence electrons. The van der Waals surface area contributed by atoms with Crippen molar-refractivity contribution in [1.82, 2.24) is 0 Å². The molecule has 0 saturated heterocycles. The van der Waals surface area contributed by atoms with Crippen molar-refractivity contribution in [2.24, 2.45) is 0 Å². The number of carbonyl (C=O) groups excluding carboxylic acids is 2. The first-order chi connectivity index (χ1) is 15.2. The third kappa shape index (κ3) is 4.59. The summed E-state index contributed by atoms with van der Waals surface area (Å²) in [4.78, 5) is 24.9. The lowest BCUT2D eigenvalue weighted by molar-refractivity contribution is 0.00695. The number of ether oxygens (including phenoxy) is 2. The summed E-state index contributed by atoms with van der Waals surface area (Å²) in [6.45, 7) is 5.55. The summed E-state index contributed by atoms with van der Waals surface area (Å²) in [5.74, 6) is -0.549. The molecule has 0 fully saturated rings. The van der Waals surface area contributed by atoms with Gasteiger partial charge in [0.15, 0.2) is 0 Å². The summed E-state index contributed by atoms with van der Waals surface area (Å²) in [7, 11) is 0. The van der Waals surface area contributed by atoms with Crippen LogP contribution in [-0.4, -0.2) is 24.3 Å². The Kier molecular flexibility index (Phi) is 5.61. The monoisotopic (exact) mass is 430 g/mol. The highest BCUT2D eigenvalue weighted by Gasteiger charge is 2.29. The zero-order chi connectivity index (χ0) is 22.9. The minimum Gasteiger partial charge on any atom is -0.456 e. The second-order valence-electron chi connectivity index (χ2n) is 8.80. The fourth-order valence-electron chi connectivity index (χ4n) is 3.93. The predicted octanol–water partition coefficient (Wildman–Crippen LogP) is 5.59. The van der Waals surface area contributed by atoms with Gasteiger partial charge in [-0.05, 0) is 61.2 Å². The Morgan fingerprint density at radius 3 is 2.12 bits per heavy atom. The van der Waals surface area contributed by atoms with Crippen molar-refractivity contribution in [2.75, 3.05) is 17.7 Å². The largest absolute Gasteiger partial charge is 0.456 e. The van der Waals surface area contributed by atoms with Crippen LogP contribution in [0.25, 0.3) is 11.1 Å². The van der Waals surface area contributed by atoms with Gasteiger partial charge in [-0.25, -0.2) is 9.59 Å². The number of hydrogen-bond acceptors (Lipinski definition) is 5. The fraction of sp³-hybridized carbons (Fsp3) is 0.231. The number of rotatable bonds is 4. The molecule has 0 aliphatic heterocycles. The summed E-state index contributed by atoms with van der Waals surface area (Å²) in [5, 5.41) is 2.66. The number of nitrogens with one attached hydrogen (secondary N) is 1. The van der Waals surface area contributed by atoms with Crippen LogP contribution in [0.2, 0.25) is 0 Å². The molecule has 0 aromatic heterocycles. The van der Waals surface area contributed by atoms with Crippen LogP contribution in [0.1, 0.15) is 48.2 Å². The number of nitrogen functional groups attached to an aromatic ring is 1. The molecule has 0 spiro atoms. The van der Waals surface area contributed by atoms with Crippen LogP contribution in [0.3, 0.4) is 0 Å². The molecule has 6 heteroatoms. The number of anilines is 2. The molecule has 0 unspecified atom stereocenters. The molecular weight excluding hydrogens is 404 g/mol. The van der Waals surface area contributed by atoms with Crippen LogP contribution in [0, 0.1) is 0 Å². The van der Waals surface area contributed by atoms with Gasteiger partial charge in [-0.15, -0.1) is 0 Å². The first-order valence-corrected chi connectivity index (χ1v) is 10.5. The van der Waals surface area contributed by atoms with Gasteiger partial charge in [0, 0.05) is 17.3 Å². The Hall–Kier alpha value is -3.80. The third-order valence-corrected chi connectivity index (χ3v) is 5.18. The molecule has 0 radical (unpaired) electrons. The van der Waals surface area contributed by atoms with Gasteiger partial charge < -0.3 is 15.2 Å². The molecule has 1 aliphatic rings. The second kappa shape index (κ2) is 8.38. The summed E-state index contributed by atoms with van der Waals surface area (Å²) in [6, 6.07) is 20.9. The van der Waals surface area contributed by atoms with E-state index in [9.17, 15) is 9.59 Å². The minimum absolute atomic E-state index is 0.0358. The number of hydrogen-bond donors (Lipinski definition) is 2. The Bertz CT molecular complexity index is 1130. The molecule has 1 amide bonds. The van der Waals surface area contributed by atoms with Gasteiger partial charge in [0.05, 0.1) is 5.56 Å². The van der Waals surface area contributed by atoms with Crippen molar-refractivity contribution in [3.63, 3.8) is 0 Å². The van der Waals surface area contributed by atoms with Crippen LogP contribution < -0.4 is 11.1 Å². The van der Waals surface area contributed by atoms with Crippen molar-refractivity contribution in [3.8, 4) is 11.1 Å². The molecule has 3 N–H and O–H groups in total. The van der Waals surface area contributed by atoms with E-state index in [4.69, 9.17) is 15.2 Å². The Labute approximate surface area is 187 Å². The van der Waals surface area contributed by atoms with E-state index in [0.717, 1.165) is 22.3 Å². The van der Waals surface area contributed by atoms with E-state index in [1.165, 1.54) is 12.1 Å². The number of esters is 1. The lowest BCUT2D eigenvalue weighted by Gasteiger charge is -2.20. The van der Waals surface area contributed by atoms with E-state index < -0.39 is 17.7 Å². The highest BCUT2D eigenvalue weighted by Crippen LogP contribution is 2.44. The first kappa shape index (κ1) is 21.4. The first-order valence-electron chi connectivity index (χ1n) is 10.5. The molecule has 1 aliphatic carbocycles. The molecule has 0 heterocycles. The van der Waals surface area contributed by atoms with Crippen LogP contribution in [0.4, 0.5) is 16.2 Å². The molecule has 0 saturated carbocycles. The summed E-state index contributed by atoms with van der Waals surface area (Å²) < 4.78 is 10.9. The van der Waals surface area contributed by atoms with Gasteiger partial charge in [0.25, 0.3) is 0 Å². The number of carbonyl (C=O) groups is 2. The normalized spacial score (nSPS) is 12.6. The van der Waals surface area contributed by atoms with Crippen molar-refractivity contribution >= 4 is 23.4 Å². The Morgan fingerprint density at radius 1 is 0.938 bits per heavy atom. The van der Waals surface area contributed by atoms with E-state index in [2.05, 4.69) is 29.6 Å². The molecule has 0 bridgehead atoms. The van der Waals surface area contributed by atoms with Crippen LogP contribution in [-0.2, 0) is 9.47 Å². The number of benzene rings is 3. The second-order valence-corrected chi connectivity index (χ2v) is 8.80. The maximum atomic E-state index is 12.5. The summed E-state index contributed by atoms with van der Waals surface area (Å²) in [6.07, 6.45) is -0.618. The maximum absolute atomic E-state index is 12.5. The quantitative estimate of drug-likeness (QED) is 0.416. The van der Waals surface area contributed by atoms with E-state index in [0.29, 0.717) is 11.4 Å². The molecule has 6 nitrogen and oxygen atoms in total. The van der Waals surface area contributed by atoms with E-state index in [1.54, 1.807) is 26.8 Å². The third-order valence-electron chi connectivity index (χ3n) is 5.18. The zero-order valence-electron chi connectivity index (χ0n) is 18.3. The minimum atomic E-state index is -0.637. The van der Waals surface area contributed by atoms with Crippen molar-refractivity contribution in [1.29, 1.82) is 0 Å². The van der Waals surface area contributed by atoms with Gasteiger partial charge in [-0.1, -0.05) is 48.5 Å². The average molecular weight is 431 g/mol. The van der Waals surface area contributed by atoms with Gasteiger partial charge >= 0.3 is 12.1 Å². The molecule has 3 aromatic rings. The zero-order valence-corrected chi connectivity index (χ0v) is 18.3. The number of amides is 1. The summed E-state index contributed by atoms with van der Waals surface area (Å²) in [5.41, 5.74) is 10.8. The maximum Gasteiger partial charge on any atom is 0.411 e. The van der Waals surface area contributed by atoms with Crippen molar-refractivity contribution < 1.29 is 19.1 Å². The van der Waals surface area contributed by atoms with Crippen molar-refractivity contribution in [3.05, 3.63) is 83.4 Å². The molecular formula is C26H26N2O4. The van der Waals surface area contributed by atoms with Crippen LogP contribution in [0.15, 0.2) is 66.7 Å². The predicted molar refractivity (Wildman–Crippen MR) is 125 cm³/mol. The van der Waals surface area contributed by atoms with E-state index in [-0.39, 0.29) is 18.1 Å². The highest BCUT2D eigenvalue weighted by atomic mass is 16.6. The summed E-state index contributed by atoms with van der Waals surface area (Å²) >= 11 is 0. The van der Waals surface area contributed by atoms with Crippen LogP contribution in [0.5, 0.6) is 0 Å². The molecule has 4 rings (SSSR count).